The molecule has 144 valence electrons. The van der Waals surface area contributed by atoms with Crippen LogP contribution in [-0.4, -0.2) is 43.6 Å². The van der Waals surface area contributed by atoms with Crippen LogP contribution in [0.5, 0.6) is 5.75 Å². The SMILES string of the molecule is CCCN(C(=O)c1ccc(-c2ccc(OC)cc2)cc1F)C1CCNCC1. The number of amides is 1. The molecule has 0 atom stereocenters. The Bertz CT molecular complexity index is 770. The summed E-state index contributed by atoms with van der Waals surface area (Å²) in [4.78, 5) is 14.9. The van der Waals surface area contributed by atoms with E-state index in [1.807, 2.05) is 42.2 Å². The van der Waals surface area contributed by atoms with E-state index >= 15 is 0 Å². The van der Waals surface area contributed by atoms with Crippen LogP contribution >= 0.6 is 0 Å². The normalized spacial score (nSPS) is 14.8. The minimum atomic E-state index is -0.469. The molecule has 1 N–H and O–H groups in total. The smallest absolute Gasteiger partial charge is 0.257 e. The third kappa shape index (κ3) is 4.48. The Morgan fingerprint density at radius 2 is 1.81 bits per heavy atom. The quantitative estimate of drug-likeness (QED) is 0.832. The van der Waals surface area contributed by atoms with Crippen LogP contribution in [0.3, 0.4) is 0 Å². The zero-order chi connectivity index (χ0) is 19.2. The van der Waals surface area contributed by atoms with Crippen molar-refractivity contribution in [3.05, 3.63) is 53.8 Å². The summed E-state index contributed by atoms with van der Waals surface area (Å²) in [5.74, 6) is 0.0779. The predicted octanol–water partition coefficient (Wildman–Crippen LogP) is 4.11. The molecule has 1 aliphatic heterocycles. The number of rotatable bonds is 6. The molecule has 27 heavy (non-hydrogen) atoms. The standard InChI is InChI=1S/C22H27FN2O2/c1-3-14-25(18-10-12-24-13-11-18)22(26)20-9-6-17(15-21(20)23)16-4-7-19(27-2)8-5-16/h4-9,15,18,24H,3,10-14H2,1-2H3. The van der Waals surface area contributed by atoms with Crippen molar-refractivity contribution in [2.75, 3.05) is 26.7 Å². The van der Waals surface area contributed by atoms with Crippen molar-refractivity contribution in [1.29, 1.82) is 0 Å². The van der Waals surface area contributed by atoms with Crippen LogP contribution < -0.4 is 10.1 Å². The second-order valence-corrected chi connectivity index (χ2v) is 6.90. The molecule has 0 aromatic heterocycles. The second-order valence-electron chi connectivity index (χ2n) is 6.90. The van der Waals surface area contributed by atoms with Gasteiger partial charge in [-0.05, 0) is 67.7 Å². The third-order valence-corrected chi connectivity index (χ3v) is 5.10. The van der Waals surface area contributed by atoms with Crippen LogP contribution in [0.25, 0.3) is 11.1 Å². The number of carbonyl (C=O) groups excluding carboxylic acids is 1. The number of nitrogens with one attached hydrogen (secondary N) is 1. The van der Waals surface area contributed by atoms with Crippen molar-refractivity contribution < 1.29 is 13.9 Å². The average molecular weight is 370 g/mol. The molecule has 5 heteroatoms. The van der Waals surface area contributed by atoms with Crippen molar-refractivity contribution in [2.45, 2.75) is 32.2 Å². The maximum absolute atomic E-state index is 14.8. The second kappa shape index (κ2) is 9.00. The summed E-state index contributed by atoms with van der Waals surface area (Å²) in [6, 6.07) is 12.5. The number of ether oxygens (including phenoxy) is 1. The van der Waals surface area contributed by atoms with Gasteiger partial charge in [0.05, 0.1) is 12.7 Å². The maximum atomic E-state index is 14.8. The van der Waals surface area contributed by atoms with Gasteiger partial charge >= 0.3 is 0 Å². The molecule has 1 heterocycles. The number of methoxy groups -OCH3 is 1. The van der Waals surface area contributed by atoms with Crippen molar-refractivity contribution in [3.8, 4) is 16.9 Å². The predicted molar refractivity (Wildman–Crippen MR) is 106 cm³/mol. The molecular weight excluding hydrogens is 343 g/mol. The molecule has 0 radical (unpaired) electrons. The number of nitrogens with zero attached hydrogens (tertiary/aromatic N) is 1. The molecule has 1 saturated heterocycles. The number of piperidine rings is 1. The Kier molecular flexibility index (Phi) is 6.45. The fraction of sp³-hybridized carbons (Fsp3) is 0.409. The number of halogens is 1. The summed E-state index contributed by atoms with van der Waals surface area (Å²) in [6.07, 6.45) is 2.69. The minimum Gasteiger partial charge on any atom is -0.497 e. The number of hydrogen-bond donors (Lipinski definition) is 1. The lowest BCUT2D eigenvalue weighted by Gasteiger charge is -2.34. The van der Waals surface area contributed by atoms with E-state index in [9.17, 15) is 9.18 Å². The van der Waals surface area contributed by atoms with E-state index in [2.05, 4.69) is 5.32 Å². The Morgan fingerprint density at radius 3 is 2.41 bits per heavy atom. The van der Waals surface area contributed by atoms with E-state index in [1.165, 1.54) is 6.07 Å². The van der Waals surface area contributed by atoms with E-state index in [1.54, 1.807) is 13.2 Å². The van der Waals surface area contributed by atoms with Gasteiger partial charge in [0.15, 0.2) is 0 Å². The highest BCUT2D eigenvalue weighted by atomic mass is 19.1. The molecule has 1 amide bonds. The highest BCUT2D eigenvalue weighted by Crippen LogP contribution is 2.26. The highest BCUT2D eigenvalue weighted by Gasteiger charge is 2.27. The summed E-state index contributed by atoms with van der Waals surface area (Å²) in [6.45, 7) is 4.50. The van der Waals surface area contributed by atoms with E-state index < -0.39 is 5.82 Å². The van der Waals surface area contributed by atoms with Gasteiger partial charge < -0.3 is 15.0 Å². The zero-order valence-corrected chi connectivity index (χ0v) is 16.0. The fourth-order valence-corrected chi connectivity index (χ4v) is 3.62. The van der Waals surface area contributed by atoms with Gasteiger partial charge in [-0.15, -0.1) is 0 Å². The van der Waals surface area contributed by atoms with E-state index in [-0.39, 0.29) is 17.5 Å². The average Bonchev–Trinajstić information content (AvgIpc) is 2.72. The van der Waals surface area contributed by atoms with Gasteiger partial charge in [-0.3, -0.25) is 4.79 Å². The first-order valence-corrected chi connectivity index (χ1v) is 9.59. The largest absolute Gasteiger partial charge is 0.497 e. The molecule has 2 aromatic carbocycles. The van der Waals surface area contributed by atoms with Gasteiger partial charge in [-0.2, -0.15) is 0 Å². The van der Waals surface area contributed by atoms with Crippen LogP contribution in [0.2, 0.25) is 0 Å². The summed E-state index contributed by atoms with van der Waals surface area (Å²) < 4.78 is 20.0. The van der Waals surface area contributed by atoms with Crippen LogP contribution in [0.15, 0.2) is 42.5 Å². The first-order valence-electron chi connectivity index (χ1n) is 9.59. The molecule has 0 saturated carbocycles. The summed E-state index contributed by atoms with van der Waals surface area (Å²) >= 11 is 0. The maximum Gasteiger partial charge on any atom is 0.257 e. The molecule has 4 nitrogen and oxygen atoms in total. The van der Waals surface area contributed by atoms with Gasteiger partial charge in [-0.25, -0.2) is 4.39 Å². The molecule has 2 aromatic rings. The van der Waals surface area contributed by atoms with Crippen molar-refractivity contribution in [1.82, 2.24) is 10.2 Å². The minimum absolute atomic E-state index is 0.152. The van der Waals surface area contributed by atoms with Crippen LogP contribution in [-0.2, 0) is 0 Å². The topological polar surface area (TPSA) is 41.6 Å². The lowest BCUT2D eigenvalue weighted by atomic mass is 10.0. The lowest BCUT2D eigenvalue weighted by molar-refractivity contribution is 0.0638. The Hall–Kier alpha value is -2.40. The number of carbonyl (C=O) groups is 1. The van der Waals surface area contributed by atoms with Crippen LogP contribution in [0.4, 0.5) is 4.39 Å². The Labute approximate surface area is 160 Å². The first kappa shape index (κ1) is 19.4. The summed E-state index contributed by atoms with van der Waals surface area (Å²) in [5, 5.41) is 3.31. The molecule has 0 aliphatic carbocycles. The third-order valence-electron chi connectivity index (χ3n) is 5.10. The molecule has 1 fully saturated rings. The molecule has 3 rings (SSSR count). The monoisotopic (exact) mass is 370 g/mol. The molecule has 0 unspecified atom stereocenters. The summed E-state index contributed by atoms with van der Waals surface area (Å²) in [5.41, 5.74) is 1.78. The van der Waals surface area contributed by atoms with E-state index in [4.69, 9.17) is 4.74 Å². The highest BCUT2D eigenvalue weighted by molar-refractivity contribution is 5.95. The molecule has 0 spiro atoms. The van der Waals surface area contributed by atoms with E-state index in [0.717, 1.165) is 49.2 Å². The number of hydrogen-bond acceptors (Lipinski definition) is 3. The Morgan fingerprint density at radius 1 is 1.15 bits per heavy atom. The lowest BCUT2D eigenvalue weighted by Crippen LogP contribution is -2.46. The van der Waals surface area contributed by atoms with Gasteiger partial charge in [0.2, 0.25) is 0 Å². The van der Waals surface area contributed by atoms with E-state index in [0.29, 0.717) is 6.54 Å². The molecule has 0 bridgehead atoms. The Balaban J connectivity index is 1.83. The van der Waals surface area contributed by atoms with Gasteiger partial charge in [0.25, 0.3) is 5.91 Å². The number of benzene rings is 2. The van der Waals surface area contributed by atoms with Crippen molar-refractivity contribution >= 4 is 5.91 Å². The van der Waals surface area contributed by atoms with Crippen molar-refractivity contribution in [3.63, 3.8) is 0 Å². The van der Waals surface area contributed by atoms with Gasteiger partial charge in [0, 0.05) is 12.6 Å². The van der Waals surface area contributed by atoms with Crippen LogP contribution in [0.1, 0.15) is 36.5 Å². The van der Waals surface area contributed by atoms with Gasteiger partial charge in [-0.1, -0.05) is 25.1 Å². The molecule has 1 aliphatic rings. The van der Waals surface area contributed by atoms with Crippen LogP contribution in [0, 0.1) is 5.82 Å². The summed E-state index contributed by atoms with van der Waals surface area (Å²) in [7, 11) is 1.61. The van der Waals surface area contributed by atoms with Crippen molar-refractivity contribution in [2.24, 2.45) is 0 Å². The molecular formula is C22H27FN2O2. The fourth-order valence-electron chi connectivity index (χ4n) is 3.62. The zero-order valence-electron chi connectivity index (χ0n) is 16.0. The van der Waals surface area contributed by atoms with Gasteiger partial charge in [0.1, 0.15) is 11.6 Å². The first-order chi connectivity index (χ1) is 13.1.